The highest BCUT2D eigenvalue weighted by Crippen LogP contribution is 2.19. The molecule has 3 nitrogen and oxygen atoms in total. The van der Waals surface area contributed by atoms with Gasteiger partial charge in [0.2, 0.25) is 0 Å². The lowest BCUT2D eigenvalue weighted by molar-refractivity contribution is -0.0498. The van der Waals surface area contributed by atoms with Gasteiger partial charge in [-0.1, -0.05) is 0 Å². The van der Waals surface area contributed by atoms with Crippen molar-refractivity contribution < 1.29 is 18.3 Å². The van der Waals surface area contributed by atoms with E-state index in [0.717, 1.165) is 4.90 Å². The van der Waals surface area contributed by atoms with Crippen LogP contribution in [-0.2, 0) is 0 Å². The van der Waals surface area contributed by atoms with Crippen LogP contribution in [-0.4, -0.2) is 18.8 Å². The first kappa shape index (κ1) is 15.3. The summed E-state index contributed by atoms with van der Waals surface area (Å²) in [5, 5.41) is 2.73. The average Bonchev–Trinajstić information content (AvgIpc) is 2.48. The summed E-state index contributed by atoms with van der Waals surface area (Å²) in [6, 6.07) is 12.9. The normalized spacial score (nSPS) is 10.5. The topological polar surface area (TPSA) is 38.3 Å². The van der Waals surface area contributed by atoms with Gasteiger partial charge in [-0.05, 0) is 54.8 Å². The number of carbonyl (C=O) groups is 1. The number of hydrogen-bond donors (Lipinski definition) is 1. The van der Waals surface area contributed by atoms with Crippen LogP contribution < -0.4 is 10.1 Å². The van der Waals surface area contributed by atoms with E-state index in [1.807, 2.05) is 18.4 Å². The maximum atomic E-state index is 12.0. The molecule has 1 N–H and O–H groups in total. The third-order valence-corrected chi connectivity index (χ3v) is 3.43. The van der Waals surface area contributed by atoms with Crippen molar-refractivity contribution in [1.29, 1.82) is 0 Å². The molecule has 0 heterocycles. The summed E-state index contributed by atoms with van der Waals surface area (Å²) in [5.74, 6) is -0.290. The van der Waals surface area contributed by atoms with Crippen molar-refractivity contribution in [2.45, 2.75) is 11.5 Å². The molecule has 0 aliphatic carbocycles. The van der Waals surface area contributed by atoms with Gasteiger partial charge in [-0.2, -0.15) is 8.78 Å². The molecule has 110 valence electrons. The molecule has 0 aliphatic heterocycles. The Bertz CT molecular complexity index is 600. The summed E-state index contributed by atoms with van der Waals surface area (Å²) in [4.78, 5) is 13.1. The number of hydrogen-bond acceptors (Lipinski definition) is 3. The van der Waals surface area contributed by atoms with Gasteiger partial charge >= 0.3 is 6.61 Å². The van der Waals surface area contributed by atoms with Crippen LogP contribution in [0.3, 0.4) is 0 Å². The second kappa shape index (κ2) is 7.08. The minimum absolute atomic E-state index is 0.0193. The SMILES string of the molecule is CSc1ccc(NC(=O)c2ccc(OC(F)F)cc2)cc1. The first-order valence-electron chi connectivity index (χ1n) is 6.09. The monoisotopic (exact) mass is 309 g/mol. The zero-order valence-electron chi connectivity index (χ0n) is 11.2. The fourth-order valence-electron chi connectivity index (χ4n) is 1.67. The number of rotatable bonds is 5. The van der Waals surface area contributed by atoms with Crippen molar-refractivity contribution in [2.24, 2.45) is 0 Å². The van der Waals surface area contributed by atoms with Gasteiger partial charge in [0.05, 0.1) is 0 Å². The molecule has 2 aromatic rings. The van der Waals surface area contributed by atoms with E-state index < -0.39 is 6.61 Å². The molecular weight excluding hydrogens is 296 g/mol. The largest absolute Gasteiger partial charge is 0.435 e. The van der Waals surface area contributed by atoms with Crippen molar-refractivity contribution in [1.82, 2.24) is 0 Å². The van der Waals surface area contributed by atoms with Crippen LogP contribution >= 0.6 is 11.8 Å². The Hall–Kier alpha value is -2.08. The molecule has 0 atom stereocenters. The number of alkyl halides is 2. The fourth-order valence-corrected chi connectivity index (χ4v) is 2.07. The molecule has 2 aromatic carbocycles. The minimum Gasteiger partial charge on any atom is -0.435 e. The molecule has 1 amide bonds. The summed E-state index contributed by atoms with van der Waals surface area (Å²) in [6.07, 6.45) is 1.97. The number of nitrogens with one attached hydrogen (secondary N) is 1. The van der Waals surface area contributed by atoms with E-state index in [-0.39, 0.29) is 11.7 Å². The second-order valence-electron chi connectivity index (χ2n) is 4.09. The van der Waals surface area contributed by atoms with Crippen LogP contribution in [0.1, 0.15) is 10.4 Å². The van der Waals surface area contributed by atoms with Crippen LogP contribution in [0.2, 0.25) is 0 Å². The first-order valence-corrected chi connectivity index (χ1v) is 7.31. The summed E-state index contributed by atoms with van der Waals surface area (Å²) >= 11 is 1.61. The zero-order valence-corrected chi connectivity index (χ0v) is 12.0. The third kappa shape index (κ3) is 4.46. The Morgan fingerprint density at radius 2 is 1.71 bits per heavy atom. The molecule has 0 saturated heterocycles. The molecule has 0 spiro atoms. The lowest BCUT2D eigenvalue weighted by Gasteiger charge is -2.07. The van der Waals surface area contributed by atoms with E-state index in [4.69, 9.17) is 0 Å². The van der Waals surface area contributed by atoms with Crippen molar-refractivity contribution in [3.8, 4) is 5.75 Å². The highest BCUT2D eigenvalue weighted by molar-refractivity contribution is 7.98. The lowest BCUT2D eigenvalue weighted by Crippen LogP contribution is -2.11. The molecule has 21 heavy (non-hydrogen) atoms. The fraction of sp³-hybridized carbons (Fsp3) is 0.133. The summed E-state index contributed by atoms with van der Waals surface area (Å²) < 4.78 is 28.3. The smallest absolute Gasteiger partial charge is 0.387 e. The summed E-state index contributed by atoms with van der Waals surface area (Å²) in [5.41, 5.74) is 1.04. The van der Waals surface area contributed by atoms with Crippen LogP contribution in [0.15, 0.2) is 53.4 Å². The van der Waals surface area contributed by atoms with Gasteiger partial charge in [-0.3, -0.25) is 4.79 Å². The van der Waals surface area contributed by atoms with Gasteiger partial charge in [-0.25, -0.2) is 0 Å². The Balaban J connectivity index is 2.02. The second-order valence-corrected chi connectivity index (χ2v) is 4.97. The van der Waals surface area contributed by atoms with E-state index in [1.165, 1.54) is 24.3 Å². The van der Waals surface area contributed by atoms with Gasteiger partial charge in [0, 0.05) is 16.1 Å². The predicted octanol–water partition coefficient (Wildman–Crippen LogP) is 4.26. The molecular formula is C15H13F2NO2S. The van der Waals surface area contributed by atoms with Gasteiger partial charge < -0.3 is 10.1 Å². The Labute approximate surface area is 125 Å². The standard InChI is InChI=1S/C15H13F2NO2S/c1-21-13-8-4-11(5-9-13)18-14(19)10-2-6-12(7-3-10)20-15(16)17/h2-9,15H,1H3,(H,18,19). The maximum Gasteiger partial charge on any atom is 0.387 e. The molecule has 0 unspecified atom stereocenters. The van der Waals surface area contributed by atoms with E-state index in [9.17, 15) is 13.6 Å². The molecule has 0 fully saturated rings. The molecule has 6 heteroatoms. The van der Waals surface area contributed by atoms with Gasteiger partial charge in [0.25, 0.3) is 5.91 Å². The summed E-state index contributed by atoms with van der Waals surface area (Å²) in [7, 11) is 0. The van der Waals surface area contributed by atoms with Gasteiger partial charge in [-0.15, -0.1) is 11.8 Å². The number of halogens is 2. The molecule has 0 radical (unpaired) electrons. The van der Waals surface area contributed by atoms with E-state index in [0.29, 0.717) is 11.3 Å². The van der Waals surface area contributed by atoms with Crippen LogP contribution in [0.4, 0.5) is 14.5 Å². The van der Waals surface area contributed by atoms with E-state index in [1.54, 1.807) is 23.9 Å². The first-order chi connectivity index (χ1) is 10.1. The molecule has 2 rings (SSSR count). The lowest BCUT2D eigenvalue weighted by atomic mass is 10.2. The Kier molecular flexibility index (Phi) is 5.16. The number of amides is 1. The van der Waals surface area contributed by atoms with Crippen LogP contribution in [0.5, 0.6) is 5.75 Å². The van der Waals surface area contributed by atoms with E-state index >= 15 is 0 Å². The van der Waals surface area contributed by atoms with Crippen molar-refractivity contribution in [3.63, 3.8) is 0 Å². The van der Waals surface area contributed by atoms with Crippen molar-refractivity contribution in [2.75, 3.05) is 11.6 Å². The highest BCUT2D eigenvalue weighted by Gasteiger charge is 2.08. The Morgan fingerprint density at radius 3 is 2.24 bits per heavy atom. The zero-order chi connectivity index (χ0) is 15.2. The van der Waals surface area contributed by atoms with Crippen molar-refractivity contribution >= 4 is 23.4 Å². The maximum absolute atomic E-state index is 12.0. The number of thioether (sulfide) groups is 1. The van der Waals surface area contributed by atoms with Gasteiger partial charge in [0.1, 0.15) is 5.75 Å². The van der Waals surface area contributed by atoms with Crippen LogP contribution in [0, 0.1) is 0 Å². The molecule has 0 saturated carbocycles. The average molecular weight is 309 g/mol. The number of carbonyl (C=O) groups excluding carboxylic acids is 1. The predicted molar refractivity (Wildman–Crippen MR) is 79.3 cm³/mol. The van der Waals surface area contributed by atoms with E-state index in [2.05, 4.69) is 10.1 Å². The molecule has 0 bridgehead atoms. The molecule has 0 aromatic heterocycles. The quantitative estimate of drug-likeness (QED) is 0.839. The van der Waals surface area contributed by atoms with Crippen LogP contribution in [0.25, 0.3) is 0 Å². The third-order valence-electron chi connectivity index (χ3n) is 2.69. The highest BCUT2D eigenvalue weighted by atomic mass is 32.2. The Morgan fingerprint density at radius 1 is 1.10 bits per heavy atom. The number of ether oxygens (including phenoxy) is 1. The minimum atomic E-state index is -2.88. The summed E-state index contributed by atoms with van der Waals surface area (Å²) in [6.45, 7) is -2.88. The number of anilines is 1. The number of benzene rings is 2. The molecule has 0 aliphatic rings. The van der Waals surface area contributed by atoms with Crippen molar-refractivity contribution in [3.05, 3.63) is 54.1 Å². The van der Waals surface area contributed by atoms with Gasteiger partial charge in [0.15, 0.2) is 0 Å².